The van der Waals surface area contributed by atoms with E-state index >= 15 is 0 Å². The minimum absolute atomic E-state index is 0.0783. The number of nitrogens with zero attached hydrogens (tertiary/aromatic N) is 3. The quantitative estimate of drug-likeness (QED) is 0.796. The predicted octanol–water partition coefficient (Wildman–Crippen LogP) is 2.66. The maximum atomic E-state index is 10.3. The van der Waals surface area contributed by atoms with E-state index in [1.165, 1.54) is 0 Å². The van der Waals surface area contributed by atoms with Crippen molar-refractivity contribution in [2.75, 3.05) is 27.9 Å². The van der Waals surface area contributed by atoms with Gasteiger partial charge in [0.1, 0.15) is 5.84 Å². The van der Waals surface area contributed by atoms with Gasteiger partial charge in [-0.3, -0.25) is 9.89 Å². The Labute approximate surface area is 176 Å². The molecule has 0 radical (unpaired) electrons. The number of aliphatic hydroxyl groups is 1. The van der Waals surface area contributed by atoms with Gasteiger partial charge in [-0.1, -0.05) is 0 Å². The third-order valence-corrected chi connectivity index (χ3v) is 5.90. The highest BCUT2D eigenvalue weighted by Crippen LogP contribution is 2.45. The minimum atomic E-state index is -0.404. The molecule has 0 bridgehead atoms. The number of rotatable bonds is 5. The second-order valence-corrected chi connectivity index (χ2v) is 7.60. The maximum Gasteiger partial charge on any atom is 0.229 e. The van der Waals surface area contributed by atoms with Crippen molar-refractivity contribution in [3.8, 4) is 11.5 Å². The fourth-order valence-corrected chi connectivity index (χ4v) is 4.45. The van der Waals surface area contributed by atoms with E-state index in [1.54, 1.807) is 33.7 Å². The molecular weight excluding hydrogens is 386 g/mol. The molecular formula is C22H29N3O5. The number of ether oxygens (including phenoxy) is 4. The smallest absolute Gasteiger partial charge is 0.229 e. The Balaban J connectivity index is 1.86. The first kappa shape index (κ1) is 20.7. The van der Waals surface area contributed by atoms with Gasteiger partial charge in [-0.25, -0.2) is 4.99 Å². The number of amidine groups is 1. The van der Waals surface area contributed by atoms with E-state index in [9.17, 15) is 5.11 Å². The Hall–Kier alpha value is -2.58. The normalized spacial score (nSPS) is 27.6. The molecule has 1 saturated carbocycles. The molecule has 1 aromatic rings. The number of aliphatic imine (C=N–C) groups is 2. The van der Waals surface area contributed by atoms with Crippen molar-refractivity contribution >= 4 is 12.1 Å². The number of fused-ring (bicyclic) bond motifs is 3. The lowest BCUT2D eigenvalue weighted by Crippen LogP contribution is -2.45. The summed E-state index contributed by atoms with van der Waals surface area (Å²) in [5, 5.41) is 10.3. The molecule has 0 saturated heterocycles. The van der Waals surface area contributed by atoms with Crippen LogP contribution in [0.15, 0.2) is 34.2 Å². The molecule has 1 fully saturated rings. The van der Waals surface area contributed by atoms with Crippen molar-refractivity contribution in [1.29, 1.82) is 0 Å². The summed E-state index contributed by atoms with van der Waals surface area (Å²) < 4.78 is 22.4. The number of methoxy groups -OCH3 is 3. The van der Waals surface area contributed by atoms with E-state index in [-0.39, 0.29) is 18.1 Å². The van der Waals surface area contributed by atoms with Gasteiger partial charge in [-0.2, -0.15) is 0 Å². The summed E-state index contributed by atoms with van der Waals surface area (Å²) in [6.07, 6.45) is 5.03. The van der Waals surface area contributed by atoms with Gasteiger partial charge in [0.05, 0.1) is 45.4 Å². The minimum Gasteiger partial charge on any atom is -0.493 e. The molecule has 3 aliphatic rings. The van der Waals surface area contributed by atoms with Gasteiger partial charge in [0.15, 0.2) is 17.7 Å². The van der Waals surface area contributed by atoms with Gasteiger partial charge in [-0.15, -0.1) is 0 Å². The fourth-order valence-electron chi connectivity index (χ4n) is 4.45. The van der Waals surface area contributed by atoms with Crippen LogP contribution in [0.3, 0.4) is 0 Å². The van der Waals surface area contributed by atoms with Crippen LogP contribution in [0, 0.1) is 0 Å². The van der Waals surface area contributed by atoms with E-state index in [1.807, 2.05) is 24.0 Å². The fraction of sp³-hybridized carbons (Fsp3) is 0.545. The summed E-state index contributed by atoms with van der Waals surface area (Å²) in [5.41, 5.74) is 2.05. The van der Waals surface area contributed by atoms with Crippen molar-refractivity contribution in [2.24, 2.45) is 9.98 Å². The molecule has 2 aliphatic heterocycles. The van der Waals surface area contributed by atoms with Crippen molar-refractivity contribution in [3.05, 3.63) is 35.3 Å². The molecule has 1 aromatic carbocycles. The van der Waals surface area contributed by atoms with Gasteiger partial charge in [0.25, 0.3) is 0 Å². The largest absolute Gasteiger partial charge is 0.493 e. The van der Waals surface area contributed by atoms with Gasteiger partial charge < -0.3 is 24.1 Å². The summed E-state index contributed by atoms with van der Waals surface area (Å²) in [4.78, 5) is 11.3. The number of hydrogen-bond acceptors (Lipinski definition) is 8. The molecule has 0 amide bonds. The lowest BCUT2D eigenvalue weighted by Gasteiger charge is -2.40. The topological polar surface area (TPSA) is 85.1 Å². The summed E-state index contributed by atoms with van der Waals surface area (Å²) in [7, 11) is 4.85. The zero-order valence-corrected chi connectivity index (χ0v) is 17.9. The Morgan fingerprint density at radius 1 is 1.13 bits per heavy atom. The highest BCUT2D eigenvalue weighted by atomic mass is 16.5. The molecule has 0 spiro atoms. The van der Waals surface area contributed by atoms with E-state index in [0.29, 0.717) is 30.4 Å². The van der Waals surface area contributed by atoms with Crippen LogP contribution in [0.2, 0.25) is 0 Å². The van der Waals surface area contributed by atoms with Gasteiger partial charge >= 0.3 is 0 Å². The maximum absolute atomic E-state index is 10.3. The first-order chi connectivity index (χ1) is 14.6. The van der Waals surface area contributed by atoms with Crippen molar-refractivity contribution < 1.29 is 24.1 Å². The summed E-state index contributed by atoms with van der Waals surface area (Å²) in [6.45, 7) is 2.49. The molecule has 30 heavy (non-hydrogen) atoms. The average molecular weight is 415 g/mol. The van der Waals surface area contributed by atoms with Crippen LogP contribution in [0.5, 0.6) is 11.5 Å². The van der Waals surface area contributed by atoms with Gasteiger partial charge in [0, 0.05) is 18.6 Å². The van der Waals surface area contributed by atoms with Crippen LogP contribution in [0.1, 0.15) is 43.2 Å². The first-order valence-corrected chi connectivity index (χ1v) is 10.3. The summed E-state index contributed by atoms with van der Waals surface area (Å²) in [5.74, 6) is 2.73. The lowest BCUT2D eigenvalue weighted by atomic mass is 9.75. The molecule has 1 aliphatic carbocycles. The third kappa shape index (κ3) is 3.65. The molecule has 4 rings (SSSR count). The van der Waals surface area contributed by atoms with Gasteiger partial charge in [-0.05, 0) is 43.9 Å². The average Bonchev–Trinajstić information content (AvgIpc) is 2.78. The zero-order chi connectivity index (χ0) is 21.3. The first-order valence-electron chi connectivity index (χ1n) is 10.3. The molecule has 1 unspecified atom stereocenters. The van der Waals surface area contributed by atoms with Crippen molar-refractivity contribution in [2.45, 2.75) is 50.5 Å². The highest BCUT2D eigenvalue weighted by molar-refractivity contribution is 6.04. The molecule has 2 heterocycles. The van der Waals surface area contributed by atoms with Crippen LogP contribution in [0.4, 0.5) is 0 Å². The Morgan fingerprint density at radius 2 is 1.97 bits per heavy atom. The van der Waals surface area contributed by atoms with E-state index < -0.39 is 6.23 Å². The molecule has 8 nitrogen and oxygen atoms in total. The molecule has 1 N–H and O–H groups in total. The summed E-state index contributed by atoms with van der Waals surface area (Å²) in [6, 6.07) is 4.09. The van der Waals surface area contributed by atoms with E-state index in [0.717, 1.165) is 29.8 Å². The molecule has 4 atom stereocenters. The SMILES string of the molecule is CCOc1cc2c(cc1OC)C(N1C=C(OC)N=CC1OC)=N[C@@H]1CC[C@@H](O)C[C@H]21. The highest BCUT2D eigenvalue weighted by Gasteiger charge is 2.39. The van der Waals surface area contributed by atoms with Crippen LogP contribution < -0.4 is 9.47 Å². The molecule has 8 heteroatoms. The van der Waals surface area contributed by atoms with E-state index in [4.69, 9.17) is 23.9 Å². The number of aliphatic hydroxyl groups excluding tert-OH is 1. The summed E-state index contributed by atoms with van der Waals surface area (Å²) >= 11 is 0. The number of benzene rings is 1. The molecule has 0 aromatic heterocycles. The van der Waals surface area contributed by atoms with Gasteiger partial charge in [0.2, 0.25) is 5.88 Å². The Kier molecular flexibility index (Phi) is 5.97. The zero-order valence-electron chi connectivity index (χ0n) is 17.9. The van der Waals surface area contributed by atoms with Crippen LogP contribution in [-0.4, -0.2) is 68.4 Å². The molecule has 162 valence electrons. The Bertz CT molecular complexity index is 882. The van der Waals surface area contributed by atoms with Crippen molar-refractivity contribution in [3.63, 3.8) is 0 Å². The number of hydrogen-bond donors (Lipinski definition) is 1. The third-order valence-electron chi connectivity index (χ3n) is 5.90. The van der Waals surface area contributed by atoms with Crippen LogP contribution in [0.25, 0.3) is 0 Å². The second kappa shape index (κ2) is 8.65. The van der Waals surface area contributed by atoms with Crippen LogP contribution in [-0.2, 0) is 9.47 Å². The van der Waals surface area contributed by atoms with Crippen LogP contribution >= 0.6 is 0 Å². The standard InChI is InChI=1S/C22H29N3O5/c1-5-30-19-9-14-15-8-13(26)6-7-17(15)24-22(16(14)10-18(19)27-2)25-12-20(28-3)23-11-21(25)29-4/h9-13,15,17,21,26H,5-8H2,1-4H3/t13-,15-,17-,21?/m1/s1. The lowest BCUT2D eigenvalue weighted by molar-refractivity contribution is 0.0793. The second-order valence-electron chi connectivity index (χ2n) is 7.60. The van der Waals surface area contributed by atoms with Crippen molar-refractivity contribution in [1.82, 2.24) is 4.90 Å². The Morgan fingerprint density at radius 3 is 2.67 bits per heavy atom. The van der Waals surface area contributed by atoms with E-state index in [2.05, 4.69) is 4.99 Å². The predicted molar refractivity (Wildman–Crippen MR) is 113 cm³/mol. The monoisotopic (exact) mass is 415 g/mol.